The van der Waals surface area contributed by atoms with E-state index in [9.17, 15) is 18.0 Å². The van der Waals surface area contributed by atoms with Crippen molar-refractivity contribution >= 4 is 21.8 Å². The number of hydrogen-bond donors (Lipinski definition) is 2. The largest absolute Gasteiger partial charge is 0.368 e. The van der Waals surface area contributed by atoms with Gasteiger partial charge in [-0.05, 0) is 6.07 Å². The van der Waals surface area contributed by atoms with Gasteiger partial charge in [0.15, 0.2) is 0 Å². The number of rotatable bonds is 4. The number of aromatic nitrogens is 1. The molecule has 0 radical (unpaired) electrons. The van der Waals surface area contributed by atoms with Crippen LogP contribution in [0.15, 0.2) is 18.5 Å². The Morgan fingerprint density at radius 2 is 2.12 bits per heavy atom. The van der Waals surface area contributed by atoms with Crippen molar-refractivity contribution in [3.8, 4) is 0 Å². The molecule has 0 bridgehead atoms. The zero-order chi connectivity index (χ0) is 12.3. The summed E-state index contributed by atoms with van der Waals surface area (Å²) in [6.45, 7) is -0.289. The number of carbonyl (C=O) groups excluding carboxylic acids is 2. The van der Waals surface area contributed by atoms with E-state index in [1.807, 2.05) is 0 Å². The fourth-order valence-corrected chi connectivity index (χ4v) is 1.57. The molecule has 1 aromatic rings. The van der Waals surface area contributed by atoms with Crippen LogP contribution in [0.5, 0.6) is 0 Å². The van der Waals surface area contributed by atoms with E-state index in [-0.39, 0.29) is 12.1 Å². The van der Waals surface area contributed by atoms with Gasteiger partial charge >= 0.3 is 0 Å². The minimum Gasteiger partial charge on any atom is -0.368 e. The van der Waals surface area contributed by atoms with Gasteiger partial charge in [0.05, 0.1) is 18.4 Å². The Morgan fingerprint density at radius 1 is 1.50 bits per heavy atom. The minimum absolute atomic E-state index is 0.145. The molecule has 2 amide bonds. The highest BCUT2D eigenvalue weighted by molar-refractivity contribution is 7.89. The van der Waals surface area contributed by atoms with Crippen molar-refractivity contribution in [2.24, 2.45) is 5.73 Å². The molecular weight excluding hydrogens is 234 g/mol. The monoisotopic (exact) mass is 245 g/mol. The first-order valence-corrected chi connectivity index (χ1v) is 6.10. The molecule has 0 aromatic carbocycles. The van der Waals surface area contributed by atoms with E-state index in [2.05, 4.69) is 5.32 Å². The highest BCUT2D eigenvalue weighted by Crippen LogP contribution is 2.03. The van der Waals surface area contributed by atoms with E-state index in [1.54, 1.807) is 0 Å². The molecule has 0 saturated carbocycles. The number of nitrogens with two attached hydrogens (primary N) is 1. The predicted molar refractivity (Wildman–Crippen MR) is 56.2 cm³/mol. The zero-order valence-electron chi connectivity index (χ0n) is 8.50. The zero-order valence-corrected chi connectivity index (χ0v) is 9.32. The van der Waals surface area contributed by atoms with E-state index in [1.165, 1.54) is 12.3 Å². The molecule has 0 aliphatic heterocycles. The molecule has 1 rings (SSSR count). The average molecular weight is 245 g/mol. The van der Waals surface area contributed by atoms with Gasteiger partial charge in [-0.1, -0.05) is 0 Å². The summed E-state index contributed by atoms with van der Waals surface area (Å²) in [6.07, 6.45) is 3.41. The molecule has 88 valence electrons. The lowest BCUT2D eigenvalue weighted by atomic mass is 10.3. The standard InChI is InChI=1S/C8H11N3O4S/c1-16(14,15)11-3-2-6(5-11)8(13)10-4-7(9)12/h2-3,5H,4H2,1H3,(H2,9,12)(H,10,13). The van der Waals surface area contributed by atoms with Crippen LogP contribution in [0.2, 0.25) is 0 Å². The average Bonchev–Trinajstić information content (AvgIpc) is 2.61. The van der Waals surface area contributed by atoms with E-state index in [0.29, 0.717) is 0 Å². The number of carbonyl (C=O) groups is 2. The second kappa shape index (κ2) is 4.35. The molecule has 16 heavy (non-hydrogen) atoms. The Morgan fingerprint density at radius 3 is 2.56 bits per heavy atom. The molecule has 3 N–H and O–H groups in total. The summed E-state index contributed by atoms with van der Waals surface area (Å²) in [5, 5.41) is 2.24. The third-order valence-corrected chi connectivity index (χ3v) is 2.73. The third kappa shape index (κ3) is 3.09. The molecular formula is C8H11N3O4S. The Kier molecular flexibility index (Phi) is 3.33. The minimum atomic E-state index is -3.40. The maximum absolute atomic E-state index is 11.4. The second-order valence-electron chi connectivity index (χ2n) is 3.14. The number of nitrogens with one attached hydrogen (secondary N) is 1. The molecule has 0 aliphatic carbocycles. The summed E-state index contributed by atoms with van der Waals surface area (Å²) in [5.74, 6) is -1.22. The van der Waals surface area contributed by atoms with Gasteiger partial charge in [0.25, 0.3) is 5.91 Å². The fraction of sp³-hybridized carbons (Fsp3) is 0.250. The summed E-state index contributed by atoms with van der Waals surface area (Å²) >= 11 is 0. The SMILES string of the molecule is CS(=O)(=O)n1ccc(C(=O)NCC(N)=O)c1. The van der Waals surface area contributed by atoms with Gasteiger partial charge in [-0.25, -0.2) is 8.42 Å². The van der Waals surface area contributed by atoms with Crippen LogP contribution in [-0.4, -0.2) is 37.0 Å². The van der Waals surface area contributed by atoms with Gasteiger partial charge in [0.1, 0.15) is 0 Å². The predicted octanol–water partition coefficient (Wildman–Crippen LogP) is -1.49. The van der Waals surface area contributed by atoms with Gasteiger partial charge in [0, 0.05) is 12.4 Å². The van der Waals surface area contributed by atoms with Crippen LogP contribution in [-0.2, 0) is 14.8 Å². The van der Waals surface area contributed by atoms with Gasteiger partial charge < -0.3 is 11.1 Å². The molecule has 0 spiro atoms. The molecule has 0 atom stereocenters. The highest BCUT2D eigenvalue weighted by Gasteiger charge is 2.11. The number of primary amides is 1. The first-order valence-electron chi connectivity index (χ1n) is 4.26. The Hall–Kier alpha value is -1.83. The van der Waals surface area contributed by atoms with Crippen LogP contribution in [0.1, 0.15) is 10.4 Å². The summed E-state index contributed by atoms with van der Waals surface area (Å²) in [5.41, 5.74) is 4.98. The quantitative estimate of drug-likeness (QED) is 0.673. The normalized spacial score (nSPS) is 11.1. The number of amides is 2. The van der Waals surface area contributed by atoms with Gasteiger partial charge in [-0.15, -0.1) is 0 Å². The maximum atomic E-state index is 11.4. The molecule has 1 aromatic heterocycles. The van der Waals surface area contributed by atoms with Crippen LogP contribution in [0, 0.1) is 0 Å². The lowest BCUT2D eigenvalue weighted by Crippen LogP contribution is -2.33. The second-order valence-corrected chi connectivity index (χ2v) is 5.03. The summed E-state index contributed by atoms with van der Waals surface area (Å²) < 4.78 is 23.1. The molecule has 1 heterocycles. The van der Waals surface area contributed by atoms with Gasteiger partial charge in [-0.3, -0.25) is 13.6 Å². The molecule has 8 heteroatoms. The van der Waals surface area contributed by atoms with Crippen molar-refractivity contribution in [1.82, 2.24) is 9.29 Å². The van der Waals surface area contributed by atoms with Crippen molar-refractivity contribution < 1.29 is 18.0 Å². The van der Waals surface area contributed by atoms with Crippen molar-refractivity contribution in [1.29, 1.82) is 0 Å². The first-order chi connectivity index (χ1) is 7.30. The van der Waals surface area contributed by atoms with Crippen LogP contribution >= 0.6 is 0 Å². The lowest BCUT2D eigenvalue weighted by molar-refractivity contribution is -0.117. The first kappa shape index (κ1) is 12.2. The lowest BCUT2D eigenvalue weighted by Gasteiger charge is -2.00. The Bertz CT molecular complexity index is 517. The van der Waals surface area contributed by atoms with Crippen molar-refractivity contribution in [2.45, 2.75) is 0 Å². The molecule has 0 fully saturated rings. The topological polar surface area (TPSA) is 111 Å². The summed E-state index contributed by atoms with van der Waals surface area (Å²) in [6, 6.07) is 1.33. The number of nitrogens with zero attached hydrogens (tertiary/aromatic N) is 1. The van der Waals surface area contributed by atoms with Crippen LogP contribution in [0.4, 0.5) is 0 Å². The molecule has 0 unspecified atom stereocenters. The Balaban J connectivity index is 2.79. The summed E-state index contributed by atoms with van der Waals surface area (Å²) in [7, 11) is -3.40. The maximum Gasteiger partial charge on any atom is 0.253 e. The molecule has 0 aliphatic rings. The van der Waals surface area contributed by atoms with E-state index >= 15 is 0 Å². The smallest absolute Gasteiger partial charge is 0.253 e. The number of hydrogen-bond acceptors (Lipinski definition) is 4. The Labute approximate surface area is 92.3 Å². The van der Waals surface area contributed by atoms with Crippen molar-refractivity contribution in [3.05, 3.63) is 24.0 Å². The highest BCUT2D eigenvalue weighted by atomic mass is 32.2. The van der Waals surface area contributed by atoms with Crippen molar-refractivity contribution in [3.63, 3.8) is 0 Å². The van der Waals surface area contributed by atoms with Gasteiger partial charge in [-0.2, -0.15) is 0 Å². The van der Waals surface area contributed by atoms with E-state index in [0.717, 1.165) is 16.4 Å². The van der Waals surface area contributed by atoms with Gasteiger partial charge in [0.2, 0.25) is 15.9 Å². The van der Waals surface area contributed by atoms with Crippen LogP contribution in [0.3, 0.4) is 0 Å². The fourth-order valence-electron chi connectivity index (χ4n) is 0.987. The third-order valence-electron chi connectivity index (χ3n) is 1.74. The van der Waals surface area contributed by atoms with Crippen LogP contribution in [0.25, 0.3) is 0 Å². The van der Waals surface area contributed by atoms with Crippen LogP contribution < -0.4 is 11.1 Å². The summed E-state index contributed by atoms with van der Waals surface area (Å²) in [4.78, 5) is 21.8. The van der Waals surface area contributed by atoms with E-state index in [4.69, 9.17) is 5.73 Å². The molecule has 0 saturated heterocycles. The van der Waals surface area contributed by atoms with E-state index < -0.39 is 21.8 Å². The molecule has 7 nitrogen and oxygen atoms in total. The van der Waals surface area contributed by atoms with Crippen molar-refractivity contribution in [2.75, 3.05) is 12.8 Å².